The second kappa shape index (κ2) is 14.2. The summed E-state index contributed by atoms with van der Waals surface area (Å²) in [5, 5.41) is 0. The molecule has 7 nitrogen and oxygen atoms in total. The van der Waals surface area contributed by atoms with Crippen molar-refractivity contribution in [2.75, 3.05) is 13.2 Å². The Kier molecular flexibility index (Phi) is 10.4. The van der Waals surface area contributed by atoms with Crippen LogP contribution >= 0.6 is 0 Å². The molecule has 3 aromatic carbocycles. The third-order valence-electron chi connectivity index (χ3n) is 5.62. The van der Waals surface area contributed by atoms with Gasteiger partial charge in [-0.25, -0.2) is 14.4 Å². The molecule has 0 aromatic heterocycles. The standard InChI is InChI=1S/C31H30O7/c1-4-29(32)36-21-9-8-20-35-26-15-13-25(14-16-26)31(34)38-28-18-17-27(22(2)23(28)3)37-30(33)19-12-24-10-6-5-7-11-24/h4-7,10-19H,1,8-9,20-21H2,2-3H3/b19-12+. The van der Waals surface area contributed by atoms with Crippen molar-refractivity contribution in [2.24, 2.45) is 0 Å². The molecule has 0 aliphatic heterocycles. The van der Waals surface area contributed by atoms with Crippen molar-refractivity contribution in [3.63, 3.8) is 0 Å². The van der Waals surface area contributed by atoms with Gasteiger partial charge in [-0.15, -0.1) is 0 Å². The lowest BCUT2D eigenvalue weighted by Crippen LogP contribution is -2.11. The molecule has 38 heavy (non-hydrogen) atoms. The summed E-state index contributed by atoms with van der Waals surface area (Å²) in [7, 11) is 0. The lowest BCUT2D eigenvalue weighted by molar-refractivity contribution is -0.137. The number of rotatable bonds is 12. The molecule has 0 unspecified atom stereocenters. The summed E-state index contributed by atoms with van der Waals surface area (Å²) in [5.74, 6) is -0.0672. The first-order valence-corrected chi connectivity index (χ1v) is 12.2. The van der Waals surface area contributed by atoms with E-state index in [4.69, 9.17) is 18.9 Å². The monoisotopic (exact) mass is 514 g/mol. The topological polar surface area (TPSA) is 88.1 Å². The third-order valence-corrected chi connectivity index (χ3v) is 5.62. The van der Waals surface area contributed by atoms with Gasteiger partial charge in [0, 0.05) is 12.2 Å². The maximum Gasteiger partial charge on any atom is 0.343 e. The van der Waals surface area contributed by atoms with Crippen molar-refractivity contribution >= 4 is 24.0 Å². The van der Waals surface area contributed by atoms with E-state index >= 15 is 0 Å². The normalized spacial score (nSPS) is 10.6. The summed E-state index contributed by atoms with van der Waals surface area (Å²) in [4.78, 5) is 35.9. The number of benzene rings is 3. The fourth-order valence-corrected chi connectivity index (χ4v) is 3.33. The van der Waals surface area contributed by atoms with Crippen molar-refractivity contribution in [3.8, 4) is 17.2 Å². The van der Waals surface area contributed by atoms with Crippen LogP contribution in [0.25, 0.3) is 6.08 Å². The molecule has 0 spiro atoms. The number of hydrogen-bond donors (Lipinski definition) is 0. The van der Waals surface area contributed by atoms with E-state index in [1.165, 1.54) is 6.08 Å². The van der Waals surface area contributed by atoms with Crippen LogP contribution in [-0.4, -0.2) is 31.1 Å². The second-order valence-electron chi connectivity index (χ2n) is 8.32. The molecule has 3 rings (SSSR count). The Morgan fingerprint density at radius 3 is 2.05 bits per heavy atom. The molecule has 0 bridgehead atoms. The molecular formula is C31H30O7. The van der Waals surface area contributed by atoms with Gasteiger partial charge in [0.05, 0.1) is 18.8 Å². The first-order valence-electron chi connectivity index (χ1n) is 12.2. The van der Waals surface area contributed by atoms with Gasteiger partial charge in [0.2, 0.25) is 0 Å². The van der Waals surface area contributed by atoms with Gasteiger partial charge in [-0.05, 0) is 85.9 Å². The molecule has 0 amide bonds. The van der Waals surface area contributed by atoms with Crippen LogP contribution in [0.4, 0.5) is 0 Å². The highest BCUT2D eigenvalue weighted by Gasteiger charge is 2.15. The van der Waals surface area contributed by atoms with E-state index < -0.39 is 17.9 Å². The summed E-state index contributed by atoms with van der Waals surface area (Å²) in [5.41, 5.74) is 2.64. The highest BCUT2D eigenvalue weighted by molar-refractivity contribution is 5.91. The van der Waals surface area contributed by atoms with Crippen LogP contribution in [-0.2, 0) is 14.3 Å². The molecule has 0 atom stereocenters. The first kappa shape index (κ1) is 27.9. The van der Waals surface area contributed by atoms with Crippen molar-refractivity contribution in [1.82, 2.24) is 0 Å². The second-order valence-corrected chi connectivity index (χ2v) is 8.32. The lowest BCUT2D eigenvalue weighted by Gasteiger charge is -2.13. The van der Waals surface area contributed by atoms with Gasteiger partial charge >= 0.3 is 17.9 Å². The first-order chi connectivity index (χ1) is 18.4. The molecule has 0 N–H and O–H groups in total. The van der Waals surface area contributed by atoms with E-state index in [2.05, 4.69) is 6.58 Å². The molecule has 0 heterocycles. The smallest absolute Gasteiger partial charge is 0.343 e. The Balaban J connectivity index is 1.51. The van der Waals surface area contributed by atoms with Gasteiger partial charge in [-0.1, -0.05) is 36.9 Å². The molecule has 196 valence electrons. The van der Waals surface area contributed by atoms with Crippen molar-refractivity contribution in [3.05, 3.63) is 108 Å². The average Bonchev–Trinajstić information content (AvgIpc) is 2.94. The quantitative estimate of drug-likeness (QED) is 0.126. The highest BCUT2D eigenvalue weighted by atomic mass is 16.5. The van der Waals surface area contributed by atoms with Gasteiger partial charge in [-0.2, -0.15) is 0 Å². The Hall–Kier alpha value is -4.65. The van der Waals surface area contributed by atoms with E-state index in [0.29, 0.717) is 60.0 Å². The molecule has 3 aromatic rings. The predicted octanol–water partition coefficient (Wildman–Crippen LogP) is 6.03. The third kappa shape index (κ3) is 8.48. The number of esters is 3. The zero-order valence-electron chi connectivity index (χ0n) is 21.5. The van der Waals surface area contributed by atoms with Crippen LogP contribution in [0.2, 0.25) is 0 Å². The average molecular weight is 515 g/mol. The summed E-state index contributed by atoms with van der Waals surface area (Å²) in [6, 6.07) is 19.3. The van der Waals surface area contributed by atoms with Crippen molar-refractivity contribution in [2.45, 2.75) is 26.7 Å². The van der Waals surface area contributed by atoms with Crippen LogP contribution < -0.4 is 14.2 Å². The minimum atomic E-state index is -0.515. The number of unbranched alkanes of at least 4 members (excludes halogenated alkanes) is 1. The van der Waals surface area contributed by atoms with E-state index in [9.17, 15) is 14.4 Å². The summed E-state index contributed by atoms with van der Waals surface area (Å²) >= 11 is 0. The van der Waals surface area contributed by atoms with E-state index in [-0.39, 0.29) is 0 Å². The number of ether oxygens (including phenoxy) is 4. The summed E-state index contributed by atoms with van der Waals surface area (Å²) in [6.45, 7) is 7.70. The molecule has 7 heteroatoms. The van der Waals surface area contributed by atoms with Crippen LogP contribution in [0.3, 0.4) is 0 Å². The minimum absolute atomic E-state index is 0.312. The van der Waals surface area contributed by atoms with E-state index in [1.54, 1.807) is 56.3 Å². The van der Waals surface area contributed by atoms with Crippen molar-refractivity contribution < 1.29 is 33.3 Å². The maximum atomic E-state index is 12.7. The zero-order chi connectivity index (χ0) is 27.3. The van der Waals surface area contributed by atoms with Crippen LogP contribution in [0.15, 0.2) is 85.5 Å². The van der Waals surface area contributed by atoms with Gasteiger partial charge in [0.1, 0.15) is 17.2 Å². The van der Waals surface area contributed by atoms with Gasteiger partial charge in [0.25, 0.3) is 0 Å². The Bertz CT molecular complexity index is 1290. The highest BCUT2D eigenvalue weighted by Crippen LogP contribution is 2.30. The van der Waals surface area contributed by atoms with Crippen LogP contribution in [0.1, 0.15) is 39.9 Å². The lowest BCUT2D eigenvalue weighted by atomic mass is 10.1. The largest absolute Gasteiger partial charge is 0.494 e. The SMILES string of the molecule is C=CC(=O)OCCCCOc1ccc(C(=O)Oc2ccc(OC(=O)/C=C/c3ccccc3)c(C)c2C)cc1. The van der Waals surface area contributed by atoms with Crippen LogP contribution in [0, 0.1) is 13.8 Å². The van der Waals surface area contributed by atoms with Gasteiger partial charge in [0.15, 0.2) is 0 Å². The molecule has 0 saturated carbocycles. The molecule has 0 fully saturated rings. The van der Waals surface area contributed by atoms with Gasteiger partial charge < -0.3 is 18.9 Å². The number of hydrogen-bond acceptors (Lipinski definition) is 7. The van der Waals surface area contributed by atoms with Gasteiger partial charge in [-0.3, -0.25) is 0 Å². The molecule has 0 aliphatic rings. The van der Waals surface area contributed by atoms with Crippen molar-refractivity contribution in [1.29, 1.82) is 0 Å². The van der Waals surface area contributed by atoms with E-state index in [1.807, 2.05) is 30.3 Å². The number of carbonyl (C=O) groups excluding carboxylic acids is 3. The summed E-state index contributed by atoms with van der Waals surface area (Å²) in [6.07, 6.45) is 5.56. The Morgan fingerprint density at radius 2 is 1.39 bits per heavy atom. The number of carbonyl (C=O) groups is 3. The Labute approximate surface area is 222 Å². The van der Waals surface area contributed by atoms with Crippen LogP contribution in [0.5, 0.6) is 17.2 Å². The maximum absolute atomic E-state index is 12.7. The molecule has 0 aliphatic carbocycles. The molecular weight excluding hydrogens is 484 g/mol. The molecule has 0 saturated heterocycles. The zero-order valence-corrected chi connectivity index (χ0v) is 21.5. The molecule has 0 radical (unpaired) electrons. The summed E-state index contributed by atoms with van der Waals surface area (Å²) < 4.78 is 21.6. The minimum Gasteiger partial charge on any atom is -0.494 e. The Morgan fingerprint density at radius 1 is 0.763 bits per heavy atom. The predicted molar refractivity (Wildman–Crippen MR) is 144 cm³/mol. The van der Waals surface area contributed by atoms with E-state index in [0.717, 1.165) is 11.6 Å². The fraction of sp³-hybridized carbons (Fsp3) is 0.194. The fourth-order valence-electron chi connectivity index (χ4n) is 3.33.